The Hall–Kier alpha value is -2.40. The number of aliphatic hydroxyl groups is 1. The Morgan fingerprint density at radius 3 is 2.65 bits per heavy atom. The van der Waals surface area contributed by atoms with Crippen LogP contribution in [0.15, 0.2) is 48.4 Å². The molecule has 1 aliphatic rings. The number of aromatic nitrogens is 1. The average Bonchev–Trinajstić information content (AvgIpc) is 2.60. The lowest BCUT2D eigenvalue weighted by Crippen LogP contribution is -2.25. The number of ether oxygens (including phenoxy) is 2. The minimum Gasteiger partial charge on any atom is -0.428 e. The molecule has 0 spiro atoms. The molecule has 0 aromatic carbocycles. The van der Waals surface area contributed by atoms with Gasteiger partial charge in [-0.2, -0.15) is 0 Å². The Bertz CT molecular complexity index is 663. The zero-order valence-corrected chi connectivity index (χ0v) is 13.7. The summed E-state index contributed by atoms with van der Waals surface area (Å²) in [5.74, 6) is 0.111. The molecule has 1 aromatic heterocycles. The van der Waals surface area contributed by atoms with E-state index in [0.717, 1.165) is 16.8 Å². The van der Waals surface area contributed by atoms with Gasteiger partial charge in [0.05, 0.1) is 0 Å². The third-order valence-corrected chi connectivity index (χ3v) is 2.99. The van der Waals surface area contributed by atoms with Crippen molar-refractivity contribution in [1.82, 2.24) is 4.98 Å². The lowest BCUT2D eigenvalue weighted by molar-refractivity contribution is -0.000592. The summed E-state index contributed by atoms with van der Waals surface area (Å²) in [4.78, 5) is 16.1. The predicted molar refractivity (Wildman–Crippen MR) is 87.5 cm³/mol. The quantitative estimate of drug-likeness (QED) is 0.845. The van der Waals surface area contributed by atoms with Gasteiger partial charge in [-0.15, -0.1) is 0 Å². The molecular weight excluding hydrogens is 294 g/mol. The zero-order chi connectivity index (χ0) is 17.0. The maximum atomic E-state index is 11.8. The number of allylic oxidation sites excluding steroid dienone is 4. The van der Waals surface area contributed by atoms with E-state index in [9.17, 15) is 9.90 Å². The highest BCUT2D eigenvalue weighted by molar-refractivity contribution is 5.77. The Balaban J connectivity index is 2.23. The Labute approximate surface area is 136 Å². The molecule has 0 saturated heterocycles. The van der Waals surface area contributed by atoms with E-state index < -0.39 is 17.9 Å². The second-order valence-corrected chi connectivity index (χ2v) is 6.25. The van der Waals surface area contributed by atoms with Crippen LogP contribution in [-0.4, -0.2) is 28.0 Å². The van der Waals surface area contributed by atoms with E-state index in [1.54, 1.807) is 39.1 Å². The van der Waals surface area contributed by atoms with Crippen LogP contribution in [0.1, 0.15) is 32.0 Å². The molecule has 122 valence electrons. The van der Waals surface area contributed by atoms with E-state index in [-0.39, 0.29) is 5.76 Å². The van der Waals surface area contributed by atoms with E-state index in [4.69, 9.17) is 9.47 Å². The Morgan fingerprint density at radius 1 is 1.30 bits per heavy atom. The Kier molecular flexibility index (Phi) is 5.01. The first-order valence-corrected chi connectivity index (χ1v) is 7.36. The molecule has 1 aliphatic carbocycles. The summed E-state index contributed by atoms with van der Waals surface area (Å²) in [7, 11) is 0. The summed E-state index contributed by atoms with van der Waals surface area (Å²) >= 11 is 0. The molecule has 0 saturated carbocycles. The largest absolute Gasteiger partial charge is 0.514 e. The van der Waals surface area contributed by atoms with Gasteiger partial charge in [0.25, 0.3) is 0 Å². The van der Waals surface area contributed by atoms with Crippen molar-refractivity contribution in [3.05, 3.63) is 59.7 Å². The summed E-state index contributed by atoms with van der Waals surface area (Å²) in [6.45, 7) is 7.14. The number of aliphatic hydroxyl groups excluding tert-OH is 1. The molecule has 1 N–H and O–H groups in total. The minimum atomic E-state index is -1.02. The van der Waals surface area contributed by atoms with Crippen LogP contribution in [-0.2, 0) is 9.47 Å². The summed E-state index contributed by atoms with van der Waals surface area (Å²) in [6.07, 6.45) is 6.54. The molecule has 5 nitrogen and oxygen atoms in total. The van der Waals surface area contributed by atoms with Gasteiger partial charge in [0.15, 0.2) is 0 Å². The van der Waals surface area contributed by atoms with Gasteiger partial charge in [0, 0.05) is 17.5 Å². The molecule has 0 fully saturated rings. The zero-order valence-electron chi connectivity index (χ0n) is 13.7. The number of hydrogen-bond acceptors (Lipinski definition) is 5. The van der Waals surface area contributed by atoms with Crippen molar-refractivity contribution in [2.24, 2.45) is 0 Å². The standard InChI is InChI=1S/C18H21NO4/c1-12-8-9-14(11-19-12)13-6-5-7-15(20)16(10-13)22-17(21)23-18(2,3)4/h5-11,15,20H,1-4H3. The number of aryl methyl sites for hydroxylation is 1. The second-order valence-electron chi connectivity index (χ2n) is 6.25. The molecule has 0 aliphatic heterocycles. The fraction of sp³-hybridized carbons (Fsp3) is 0.333. The predicted octanol–water partition coefficient (Wildman–Crippen LogP) is 3.54. The molecule has 5 heteroatoms. The monoisotopic (exact) mass is 315 g/mol. The van der Waals surface area contributed by atoms with Gasteiger partial charge in [-0.3, -0.25) is 4.98 Å². The molecule has 1 unspecified atom stereocenters. The van der Waals surface area contributed by atoms with Crippen molar-refractivity contribution in [3.8, 4) is 0 Å². The lowest BCUT2D eigenvalue weighted by atomic mass is 10.1. The molecule has 2 rings (SSSR count). The van der Waals surface area contributed by atoms with Crippen LogP contribution >= 0.6 is 0 Å². The fourth-order valence-corrected chi connectivity index (χ4v) is 1.92. The van der Waals surface area contributed by atoms with Gasteiger partial charge < -0.3 is 14.6 Å². The highest BCUT2D eigenvalue weighted by atomic mass is 16.7. The van der Waals surface area contributed by atoms with Crippen molar-refractivity contribution >= 4 is 11.7 Å². The summed E-state index contributed by atoms with van der Waals surface area (Å²) < 4.78 is 10.3. The molecule has 0 amide bonds. The third kappa shape index (κ3) is 5.07. The second kappa shape index (κ2) is 6.79. The summed E-state index contributed by atoms with van der Waals surface area (Å²) in [5.41, 5.74) is 1.89. The topological polar surface area (TPSA) is 68.7 Å². The number of nitrogens with zero attached hydrogens (tertiary/aromatic N) is 1. The highest BCUT2D eigenvalue weighted by Gasteiger charge is 2.22. The molecule has 23 heavy (non-hydrogen) atoms. The van der Waals surface area contributed by atoms with Crippen molar-refractivity contribution in [1.29, 1.82) is 0 Å². The maximum Gasteiger partial charge on any atom is 0.514 e. The highest BCUT2D eigenvalue weighted by Crippen LogP contribution is 2.23. The van der Waals surface area contributed by atoms with Crippen LogP contribution < -0.4 is 0 Å². The Morgan fingerprint density at radius 2 is 2.04 bits per heavy atom. The van der Waals surface area contributed by atoms with Gasteiger partial charge in [-0.25, -0.2) is 4.79 Å². The number of hydrogen-bond donors (Lipinski definition) is 1. The maximum absolute atomic E-state index is 11.8. The third-order valence-electron chi connectivity index (χ3n) is 2.99. The van der Waals surface area contributed by atoms with E-state index in [1.165, 1.54) is 6.08 Å². The van der Waals surface area contributed by atoms with Crippen molar-refractivity contribution in [2.45, 2.75) is 39.4 Å². The number of carbonyl (C=O) groups is 1. The van der Waals surface area contributed by atoms with Crippen LogP contribution in [0.4, 0.5) is 4.79 Å². The summed E-state index contributed by atoms with van der Waals surface area (Å²) in [5, 5.41) is 10.1. The lowest BCUT2D eigenvalue weighted by Gasteiger charge is -2.20. The normalized spacial score (nSPS) is 17.9. The van der Waals surface area contributed by atoms with Gasteiger partial charge in [-0.1, -0.05) is 18.2 Å². The molecule has 1 aromatic rings. The van der Waals surface area contributed by atoms with E-state index >= 15 is 0 Å². The molecule has 0 bridgehead atoms. The fourth-order valence-electron chi connectivity index (χ4n) is 1.92. The first-order chi connectivity index (χ1) is 10.7. The smallest absolute Gasteiger partial charge is 0.428 e. The van der Waals surface area contributed by atoms with Crippen LogP contribution in [0.3, 0.4) is 0 Å². The first kappa shape index (κ1) is 17.0. The van der Waals surface area contributed by atoms with Crippen LogP contribution in [0, 0.1) is 6.92 Å². The van der Waals surface area contributed by atoms with Gasteiger partial charge in [0.1, 0.15) is 17.5 Å². The molecule has 1 atom stereocenters. The molecule has 1 heterocycles. The van der Waals surface area contributed by atoms with E-state index in [0.29, 0.717) is 0 Å². The number of pyridine rings is 1. The van der Waals surface area contributed by atoms with Crippen LogP contribution in [0.25, 0.3) is 5.57 Å². The molecular formula is C18H21NO4. The van der Waals surface area contributed by atoms with Gasteiger partial charge in [-0.05, 0) is 51.5 Å². The van der Waals surface area contributed by atoms with Crippen molar-refractivity contribution in [2.75, 3.05) is 0 Å². The van der Waals surface area contributed by atoms with Gasteiger partial charge >= 0.3 is 6.16 Å². The minimum absolute atomic E-state index is 0.111. The van der Waals surface area contributed by atoms with E-state index in [1.807, 2.05) is 25.1 Å². The van der Waals surface area contributed by atoms with Crippen molar-refractivity contribution < 1.29 is 19.4 Å². The van der Waals surface area contributed by atoms with Crippen LogP contribution in [0.5, 0.6) is 0 Å². The van der Waals surface area contributed by atoms with Crippen molar-refractivity contribution in [3.63, 3.8) is 0 Å². The molecule has 0 radical (unpaired) electrons. The first-order valence-electron chi connectivity index (χ1n) is 7.36. The van der Waals surface area contributed by atoms with Gasteiger partial charge in [0.2, 0.25) is 0 Å². The van der Waals surface area contributed by atoms with E-state index in [2.05, 4.69) is 4.98 Å². The number of rotatable bonds is 2. The SMILES string of the molecule is Cc1ccc(C2=CC=CC(O)C(OC(=O)OC(C)(C)C)=C2)cn1. The average molecular weight is 315 g/mol. The summed E-state index contributed by atoms with van der Waals surface area (Å²) in [6, 6.07) is 3.81. The van der Waals surface area contributed by atoms with Crippen LogP contribution in [0.2, 0.25) is 0 Å². The number of carbonyl (C=O) groups excluding carboxylic acids is 1.